The molecule has 0 spiro atoms. The summed E-state index contributed by atoms with van der Waals surface area (Å²) in [5.41, 5.74) is 4.17. The van der Waals surface area contributed by atoms with E-state index in [-0.39, 0.29) is 23.9 Å². The maximum absolute atomic E-state index is 12.8. The molecule has 0 aliphatic heterocycles. The number of carbonyl (C=O) groups is 1. The molecular weight excluding hydrogens is 312 g/mol. The lowest BCUT2D eigenvalue weighted by Crippen LogP contribution is -2.42. The van der Waals surface area contributed by atoms with Crippen molar-refractivity contribution >= 4 is 11.9 Å². The Kier molecular flexibility index (Phi) is 4.94. The third-order valence-electron chi connectivity index (χ3n) is 5.54. The molecule has 0 saturated heterocycles. The maximum Gasteiger partial charge on any atom is 0.184 e. The molecule has 2 aliphatic rings. The van der Waals surface area contributed by atoms with Crippen LogP contribution in [0.15, 0.2) is 41.0 Å². The molecule has 0 radical (unpaired) electrons. The van der Waals surface area contributed by atoms with Gasteiger partial charge in [-0.05, 0) is 62.0 Å². The van der Waals surface area contributed by atoms with Gasteiger partial charge >= 0.3 is 0 Å². The van der Waals surface area contributed by atoms with Crippen LogP contribution in [0.4, 0.5) is 0 Å². The highest BCUT2D eigenvalue weighted by Crippen LogP contribution is 2.50. The van der Waals surface area contributed by atoms with E-state index in [0.29, 0.717) is 6.42 Å². The second-order valence-corrected chi connectivity index (χ2v) is 7.19. The first-order chi connectivity index (χ1) is 12.0. The van der Waals surface area contributed by atoms with Gasteiger partial charge in [-0.3, -0.25) is 4.79 Å². The number of carbonyl (C=O) groups excluding carboxylic acids is 1. The normalized spacial score (nSPS) is 27.8. The van der Waals surface area contributed by atoms with Crippen LogP contribution in [0.3, 0.4) is 0 Å². The van der Waals surface area contributed by atoms with Crippen LogP contribution in [0.2, 0.25) is 0 Å². The number of allylic oxidation sites excluding steroid dienone is 2. The summed E-state index contributed by atoms with van der Waals surface area (Å²) in [6, 6.07) is 7.62. The van der Waals surface area contributed by atoms with E-state index in [4.69, 9.17) is 5.11 Å². The topological polar surface area (TPSA) is 57.5 Å². The molecule has 1 aromatic carbocycles. The van der Waals surface area contributed by atoms with Gasteiger partial charge in [-0.1, -0.05) is 36.5 Å². The van der Waals surface area contributed by atoms with Crippen LogP contribution >= 0.6 is 0 Å². The SMILES string of the molecule is CC1=C2CCC[C@H](O)[C@@]2(C)C/C(=C\c2ccc(C#CCO)cc2)C1=O. The minimum absolute atomic E-state index is 0.103. The van der Waals surface area contributed by atoms with Crippen LogP contribution < -0.4 is 0 Å². The van der Waals surface area contributed by atoms with Gasteiger partial charge in [0, 0.05) is 16.6 Å². The molecule has 1 saturated carbocycles. The quantitative estimate of drug-likeness (QED) is 0.611. The number of Topliss-reactive ketones (excluding diaryl/α,β-unsaturated/α-hetero) is 1. The summed E-state index contributed by atoms with van der Waals surface area (Å²) in [5.74, 6) is 5.59. The van der Waals surface area contributed by atoms with E-state index in [1.165, 1.54) is 0 Å². The number of hydrogen-bond donors (Lipinski definition) is 2. The zero-order valence-corrected chi connectivity index (χ0v) is 14.8. The van der Waals surface area contributed by atoms with E-state index >= 15 is 0 Å². The number of fused-ring (bicyclic) bond motifs is 1. The fourth-order valence-corrected chi connectivity index (χ4v) is 4.09. The third-order valence-corrected chi connectivity index (χ3v) is 5.54. The van der Waals surface area contributed by atoms with Gasteiger partial charge in [0.05, 0.1) is 6.10 Å². The van der Waals surface area contributed by atoms with Crippen LogP contribution in [-0.4, -0.2) is 28.7 Å². The lowest BCUT2D eigenvalue weighted by atomic mass is 9.61. The fraction of sp³-hybridized carbons (Fsp3) is 0.409. The first-order valence-corrected chi connectivity index (χ1v) is 8.79. The van der Waals surface area contributed by atoms with Gasteiger partial charge in [0.1, 0.15) is 6.61 Å². The lowest BCUT2D eigenvalue weighted by molar-refractivity contribution is -0.113. The number of aliphatic hydroxyl groups excluding tert-OH is 2. The third kappa shape index (κ3) is 3.33. The highest BCUT2D eigenvalue weighted by molar-refractivity contribution is 6.12. The van der Waals surface area contributed by atoms with E-state index in [2.05, 4.69) is 18.8 Å². The van der Waals surface area contributed by atoms with E-state index in [0.717, 1.165) is 47.1 Å². The summed E-state index contributed by atoms with van der Waals surface area (Å²) >= 11 is 0. The highest BCUT2D eigenvalue weighted by atomic mass is 16.3. The van der Waals surface area contributed by atoms with E-state index < -0.39 is 0 Å². The first kappa shape index (κ1) is 17.7. The van der Waals surface area contributed by atoms with Crippen LogP contribution in [0.1, 0.15) is 50.7 Å². The Balaban J connectivity index is 1.94. The molecule has 3 rings (SSSR count). The van der Waals surface area contributed by atoms with E-state index in [9.17, 15) is 9.90 Å². The Labute approximate surface area is 149 Å². The molecule has 2 aliphatic carbocycles. The van der Waals surface area contributed by atoms with Crippen molar-refractivity contribution < 1.29 is 15.0 Å². The van der Waals surface area contributed by atoms with Gasteiger partial charge in [0.25, 0.3) is 0 Å². The number of ketones is 1. The predicted octanol–water partition coefficient (Wildman–Crippen LogP) is 3.25. The predicted molar refractivity (Wildman–Crippen MR) is 98.7 cm³/mol. The zero-order chi connectivity index (χ0) is 18.0. The zero-order valence-electron chi connectivity index (χ0n) is 14.8. The molecule has 0 bridgehead atoms. The van der Waals surface area contributed by atoms with Crippen molar-refractivity contribution in [2.45, 2.75) is 45.6 Å². The number of hydrogen-bond acceptors (Lipinski definition) is 3. The van der Waals surface area contributed by atoms with Gasteiger partial charge < -0.3 is 10.2 Å². The van der Waals surface area contributed by atoms with E-state index in [1.54, 1.807) is 0 Å². The minimum atomic E-state index is -0.390. The summed E-state index contributed by atoms with van der Waals surface area (Å²) < 4.78 is 0. The van der Waals surface area contributed by atoms with Crippen LogP contribution in [-0.2, 0) is 4.79 Å². The van der Waals surface area contributed by atoms with Crippen LogP contribution in [0, 0.1) is 17.3 Å². The highest BCUT2D eigenvalue weighted by Gasteiger charge is 2.45. The first-order valence-electron chi connectivity index (χ1n) is 8.79. The summed E-state index contributed by atoms with van der Waals surface area (Å²) in [6.45, 7) is 3.83. The number of rotatable bonds is 1. The van der Waals surface area contributed by atoms with Crippen molar-refractivity contribution in [2.24, 2.45) is 5.41 Å². The molecule has 1 aromatic rings. The summed E-state index contributed by atoms with van der Waals surface area (Å²) in [6.07, 6.45) is 4.79. The van der Waals surface area contributed by atoms with Gasteiger partial charge in [0.2, 0.25) is 0 Å². The molecule has 130 valence electrons. The van der Waals surface area contributed by atoms with E-state index in [1.807, 2.05) is 37.3 Å². The molecule has 1 fully saturated rings. The summed E-state index contributed by atoms with van der Waals surface area (Å²) in [7, 11) is 0. The van der Waals surface area contributed by atoms with Gasteiger partial charge in [-0.2, -0.15) is 0 Å². The minimum Gasteiger partial charge on any atom is -0.392 e. The molecule has 3 heteroatoms. The standard InChI is InChI=1S/C22H24O3/c1-15-19-6-3-7-20(24)22(19,2)14-18(21(15)25)13-17-10-8-16(9-11-17)5-4-12-23/h8-11,13,20,23-24H,3,6-7,12,14H2,1-2H3/b18-13+/t20-,22-/m0/s1. The molecule has 0 heterocycles. The Morgan fingerprint density at radius 1 is 1.32 bits per heavy atom. The largest absolute Gasteiger partial charge is 0.392 e. The van der Waals surface area contributed by atoms with Crippen molar-refractivity contribution in [1.29, 1.82) is 0 Å². The van der Waals surface area contributed by atoms with Gasteiger partial charge in [0.15, 0.2) is 5.78 Å². The Morgan fingerprint density at radius 2 is 2.04 bits per heavy atom. The molecule has 2 N–H and O–H groups in total. The van der Waals surface area contributed by atoms with Gasteiger partial charge in [-0.15, -0.1) is 0 Å². The molecule has 0 unspecified atom stereocenters. The maximum atomic E-state index is 12.8. The van der Waals surface area contributed by atoms with Gasteiger partial charge in [-0.25, -0.2) is 0 Å². The van der Waals surface area contributed by atoms with Crippen molar-refractivity contribution in [3.8, 4) is 11.8 Å². The second-order valence-electron chi connectivity index (χ2n) is 7.19. The Bertz CT molecular complexity index is 802. The molecular formula is C22H24O3. The summed E-state index contributed by atoms with van der Waals surface area (Å²) in [5, 5.41) is 19.3. The number of benzene rings is 1. The molecule has 2 atom stereocenters. The van der Waals surface area contributed by atoms with Crippen LogP contribution in [0.5, 0.6) is 0 Å². The molecule has 0 aromatic heterocycles. The lowest BCUT2D eigenvalue weighted by Gasteiger charge is -2.45. The van der Waals surface area contributed by atoms with Crippen LogP contribution in [0.25, 0.3) is 6.08 Å². The summed E-state index contributed by atoms with van der Waals surface area (Å²) in [4.78, 5) is 12.8. The number of aliphatic hydroxyl groups is 2. The Hall–Kier alpha value is -2.15. The monoisotopic (exact) mass is 336 g/mol. The smallest absolute Gasteiger partial charge is 0.184 e. The van der Waals surface area contributed by atoms with Crippen molar-refractivity contribution in [3.63, 3.8) is 0 Å². The molecule has 3 nitrogen and oxygen atoms in total. The average Bonchev–Trinajstić information content (AvgIpc) is 2.61. The molecule has 0 amide bonds. The average molecular weight is 336 g/mol. The van der Waals surface area contributed by atoms with Crippen molar-refractivity contribution in [2.75, 3.05) is 6.61 Å². The van der Waals surface area contributed by atoms with Crippen molar-refractivity contribution in [3.05, 3.63) is 52.1 Å². The Morgan fingerprint density at radius 3 is 2.72 bits per heavy atom. The molecule has 25 heavy (non-hydrogen) atoms. The second kappa shape index (κ2) is 7.00. The van der Waals surface area contributed by atoms with Crippen molar-refractivity contribution in [1.82, 2.24) is 0 Å². The fourth-order valence-electron chi connectivity index (χ4n) is 4.09.